The van der Waals surface area contributed by atoms with Gasteiger partial charge in [-0.3, -0.25) is 4.79 Å². The first-order valence-electron chi connectivity index (χ1n) is 7.49. The van der Waals surface area contributed by atoms with Crippen LogP contribution in [-0.4, -0.2) is 31.4 Å². The van der Waals surface area contributed by atoms with Crippen LogP contribution in [0.1, 0.15) is 16.1 Å². The summed E-state index contributed by atoms with van der Waals surface area (Å²) in [6.07, 6.45) is 1.40. The molecule has 134 valence electrons. The first-order valence-corrected chi connectivity index (χ1v) is 8.28. The van der Waals surface area contributed by atoms with Crippen molar-refractivity contribution in [3.8, 4) is 17.2 Å². The molecule has 26 heavy (non-hydrogen) atoms. The van der Waals surface area contributed by atoms with Crippen molar-refractivity contribution < 1.29 is 23.8 Å². The number of phenolic OH excluding ortho intramolecular Hbond substituents is 1. The van der Waals surface area contributed by atoms with Gasteiger partial charge >= 0.3 is 5.91 Å². The molecule has 3 rings (SSSR count). The van der Waals surface area contributed by atoms with E-state index in [0.717, 1.165) is 9.86 Å². The molecule has 0 aliphatic carbocycles. The number of phenols is 1. The maximum absolute atomic E-state index is 12.2. The minimum absolute atomic E-state index is 0.107. The van der Waals surface area contributed by atoms with Crippen LogP contribution in [0.25, 0.3) is 11.0 Å². The van der Waals surface area contributed by atoms with Gasteiger partial charge in [-0.25, -0.2) is 5.43 Å². The Morgan fingerprint density at radius 3 is 2.54 bits per heavy atom. The molecule has 1 aromatic heterocycles. The van der Waals surface area contributed by atoms with Crippen molar-refractivity contribution >= 4 is 39.0 Å². The van der Waals surface area contributed by atoms with Crippen molar-refractivity contribution in [2.24, 2.45) is 5.10 Å². The number of ether oxygens (including phenoxy) is 2. The number of carbonyl (C=O) groups is 1. The number of rotatable bonds is 5. The fraction of sp³-hybridized carbons (Fsp3) is 0.111. The summed E-state index contributed by atoms with van der Waals surface area (Å²) in [5.74, 6) is 0.0343. The van der Waals surface area contributed by atoms with Gasteiger partial charge in [-0.15, -0.1) is 0 Å². The average molecular weight is 419 g/mol. The summed E-state index contributed by atoms with van der Waals surface area (Å²) >= 11 is 3.37. The van der Waals surface area contributed by atoms with E-state index >= 15 is 0 Å². The highest BCUT2D eigenvalue weighted by Crippen LogP contribution is 2.36. The lowest BCUT2D eigenvalue weighted by molar-refractivity contribution is 0.0929. The number of nitrogens with zero attached hydrogens (tertiary/aromatic N) is 1. The van der Waals surface area contributed by atoms with Gasteiger partial charge in [0.2, 0.25) is 5.75 Å². The van der Waals surface area contributed by atoms with Crippen LogP contribution in [0.5, 0.6) is 17.2 Å². The van der Waals surface area contributed by atoms with Crippen molar-refractivity contribution in [2.75, 3.05) is 14.2 Å². The molecule has 1 amide bonds. The quantitative estimate of drug-likeness (QED) is 0.486. The Morgan fingerprint density at radius 1 is 1.19 bits per heavy atom. The number of hydrogen-bond acceptors (Lipinski definition) is 6. The maximum Gasteiger partial charge on any atom is 0.307 e. The summed E-state index contributed by atoms with van der Waals surface area (Å²) < 4.78 is 16.5. The van der Waals surface area contributed by atoms with E-state index in [1.165, 1.54) is 20.4 Å². The molecule has 0 aliphatic heterocycles. The number of halogens is 1. The predicted molar refractivity (Wildman–Crippen MR) is 100 cm³/mol. The average Bonchev–Trinajstić information content (AvgIpc) is 3.05. The van der Waals surface area contributed by atoms with Crippen molar-refractivity contribution in [1.82, 2.24) is 5.43 Å². The molecular formula is C18H15BrN2O5. The lowest BCUT2D eigenvalue weighted by Crippen LogP contribution is -2.16. The molecule has 0 fully saturated rings. The first kappa shape index (κ1) is 17.8. The minimum atomic E-state index is -0.480. The summed E-state index contributed by atoms with van der Waals surface area (Å²) in [4.78, 5) is 12.2. The number of methoxy groups -OCH3 is 2. The second-order valence-electron chi connectivity index (χ2n) is 5.27. The molecule has 0 saturated heterocycles. The number of benzene rings is 2. The standard InChI is InChI=1S/C18H15BrN2O5/c1-24-14-5-10(6-15(25-2)17(14)22)9-20-21-18(23)16-8-11-7-12(19)3-4-13(11)26-16/h3-9,22H,1-2H3,(H,21,23). The van der Waals surface area contributed by atoms with Crippen LogP contribution in [0.3, 0.4) is 0 Å². The van der Waals surface area contributed by atoms with Gasteiger partial charge in [0, 0.05) is 15.4 Å². The molecule has 0 spiro atoms. The summed E-state index contributed by atoms with van der Waals surface area (Å²) in [6, 6.07) is 10.2. The van der Waals surface area contributed by atoms with Crippen molar-refractivity contribution in [3.63, 3.8) is 0 Å². The highest BCUT2D eigenvalue weighted by molar-refractivity contribution is 9.10. The normalized spacial score (nSPS) is 11.0. The fourth-order valence-corrected chi connectivity index (χ4v) is 2.71. The molecule has 2 N–H and O–H groups in total. The summed E-state index contributed by atoms with van der Waals surface area (Å²) in [5.41, 5.74) is 3.57. The zero-order chi connectivity index (χ0) is 18.7. The van der Waals surface area contributed by atoms with Crippen LogP contribution < -0.4 is 14.9 Å². The van der Waals surface area contributed by atoms with Gasteiger partial charge in [-0.2, -0.15) is 5.10 Å². The largest absolute Gasteiger partial charge is 0.502 e. The van der Waals surface area contributed by atoms with E-state index in [1.54, 1.807) is 24.3 Å². The molecule has 0 unspecified atom stereocenters. The summed E-state index contributed by atoms with van der Waals surface area (Å²) in [7, 11) is 2.86. The van der Waals surface area contributed by atoms with Crippen LogP contribution in [0.2, 0.25) is 0 Å². The molecule has 0 bridgehead atoms. The number of fused-ring (bicyclic) bond motifs is 1. The highest BCUT2D eigenvalue weighted by atomic mass is 79.9. The van der Waals surface area contributed by atoms with E-state index in [-0.39, 0.29) is 23.0 Å². The van der Waals surface area contributed by atoms with E-state index in [2.05, 4.69) is 26.5 Å². The number of hydrogen-bond donors (Lipinski definition) is 2. The highest BCUT2D eigenvalue weighted by Gasteiger charge is 2.12. The number of amides is 1. The second kappa shape index (κ2) is 7.49. The third-order valence-corrected chi connectivity index (χ3v) is 4.08. The van der Waals surface area contributed by atoms with Crippen LogP contribution in [0.15, 0.2) is 50.4 Å². The molecule has 3 aromatic rings. The van der Waals surface area contributed by atoms with E-state index in [4.69, 9.17) is 13.9 Å². The number of carbonyl (C=O) groups excluding carboxylic acids is 1. The molecule has 0 atom stereocenters. The minimum Gasteiger partial charge on any atom is -0.502 e. The molecule has 1 heterocycles. The van der Waals surface area contributed by atoms with Gasteiger partial charge in [-0.05, 0) is 36.4 Å². The molecule has 0 radical (unpaired) electrons. The summed E-state index contributed by atoms with van der Waals surface area (Å²) in [5, 5.41) is 14.6. The molecule has 2 aromatic carbocycles. The van der Waals surface area contributed by atoms with E-state index in [0.29, 0.717) is 11.1 Å². The van der Waals surface area contributed by atoms with Gasteiger partial charge in [0.15, 0.2) is 17.3 Å². The van der Waals surface area contributed by atoms with Gasteiger partial charge in [-0.1, -0.05) is 15.9 Å². The van der Waals surface area contributed by atoms with Crippen molar-refractivity contribution in [3.05, 3.63) is 52.2 Å². The summed E-state index contributed by atoms with van der Waals surface area (Å²) in [6.45, 7) is 0. The van der Waals surface area contributed by atoms with Crippen molar-refractivity contribution in [1.29, 1.82) is 0 Å². The molecular weight excluding hydrogens is 404 g/mol. The zero-order valence-corrected chi connectivity index (χ0v) is 15.5. The second-order valence-corrected chi connectivity index (χ2v) is 6.18. The Labute approximate surface area is 157 Å². The SMILES string of the molecule is COc1cc(C=NNC(=O)c2cc3cc(Br)ccc3o2)cc(OC)c1O. The fourth-order valence-electron chi connectivity index (χ4n) is 2.33. The number of nitrogens with one attached hydrogen (secondary N) is 1. The smallest absolute Gasteiger partial charge is 0.307 e. The number of furan rings is 1. The Bertz CT molecular complexity index is 971. The predicted octanol–water partition coefficient (Wildman–Crippen LogP) is 3.68. The van der Waals surface area contributed by atoms with Crippen LogP contribution in [-0.2, 0) is 0 Å². The Kier molecular flexibility index (Phi) is 5.13. The van der Waals surface area contributed by atoms with E-state index < -0.39 is 5.91 Å². The maximum atomic E-state index is 12.2. The van der Waals surface area contributed by atoms with Gasteiger partial charge in [0.1, 0.15) is 5.58 Å². The third kappa shape index (κ3) is 3.65. The van der Waals surface area contributed by atoms with E-state index in [9.17, 15) is 9.90 Å². The molecule has 0 saturated carbocycles. The monoisotopic (exact) mass is 418 g/mol. The van der Waals surface area contributed by atoms with Gasteiger partial charge in [0.25, 0.3) is 0 Å². The van der Waals surface area contributed by atoms with Gasteiger partial charge < -0.3 is 19.0 Å². The molecule has 7 nitrogen and oxygen atoms in total. The number of aromatic hydroxyl groups is 1. The number of hydrazone groups is 1. The third-order valence-electron chi connectivity index (χ3n) is 3.58. The van der Waals surface area contributed by atoms with Crippen LogP contribution in [0, 0.1) is 0 Å². The lowest BCUT2D eigenvalue weighted by atomic mass is 10.2. The molecule has 8 heteroatoms. The van der Waals surface area contributed by atoms with Crippen LogP contribution in [0.4, 0.5) is 0 Å². The molecule has 0 aliphatic rings. The van der Waals surface area contributed by atoms with Gasteiger partial charge in [0.05, 0.1) is 20.4 Å². The Morgan fingerprint density at radius 2 is 1.88 bits per heavy atom. The first-order chi connectivity index (χ1) is 12.5. The Balaban J connectivity index is 1.76. The van der Waals surface area contributed by atoms with E-state index in [1.807, 2.05) is 12.1 Å². The topological polar surface area (TPSA) is 93.3 Å². The van der Waals surface area contributed by atoms with Crippen LogP contribution >= 0.6 is 15.9 Å². The van der Waals surface area contributed by atoms with Crippen molar-refractivity contribution in [2.45, 2.75) is 0 Å². The Hall–Kier alpha value is -3.00. The zero-order valence-electron chi connectivity index (χ0n) is 13.9. The lowest BCUT2D eigenvalue weighted by Gasteiger charge is -2.09.